The molecule has 0 atom stereocenters. The van der Waals surface area contributed by atoms with Crippen LogP contribution in [-0.4, -0.2) is 29.5 Å². The lowest BCUT2D eigenvalue weighted by molar-refractivity contribution is 0.111. The molecule has 1 heterocycles. The van der Waals surface area contributed by atoms with E-state index in [9.17, 15) is 4.79 Å². The number of methoxy groups -OCH3 is 1. The molecule has 0 bridgehead atoms. The standard InChI is InChI=1S/C15H16N2O3/c1-10(2)20-14-11(9-18)5-4-6-13(14)12-7-16-15(19-3)17-8-12/h4-10H,1-3H3. The van der Waals surface area contributed by atoms with Gasteiger partial charge in [0.25, 0.3) is 0 Å². The van der Waals surface area contributed by atoms with Gasteiger partial charge in [0.15, 0.2) is 6.29 Å². The van der Waals surface area contributed by atoms with E-state index in [2.05, 4.69) is 9.97 Å². The second-order valence-electron chi connectivity index (χ2n) is 4.47. The van der Waals surface area contributed by atoms with Crippen molar-refractivity contribution in [2.45, 2.75) is 20.0 Å². The molecular weight excluding hydrogens is 256 g/mol. The van der Waals surface area contributed by atoms with Crippen LogP contribution in [0.1, 0.15) is 24.2 Å². The molecule has 0 unspecified atom stereocenters. The largest absolute Gasteiger partial charge is 0.490 e. The number of carbonyl (C=O) groups is 1. The average Bonchev–Trinajstić information content (AvgIpc) is 2.47. The van der Waals surface area contributed by atoms with E-state index in [0.29, 0.717) is 17.3 Å². The second kappa shape index (κ2) is 6.14. The summed E-state index contributed by atoms with van der Waals surface area (Å²) < 4.78 is 10.7. The van der Waals surface area contributed by atoms with E-state index < -0.39 is 0 Å². The van der Waals surface area contributed by atoms with E-state index in [1.54, 1.807) is 24.5 Å². The summed E-state index contributed by atoms with van der Waals surface area (Å²) in [5.41, 5.74) is 2.06. The Morgan fingerprint density at radius 2 is 1.90 bits per heavy atom. The van der Waals surface area contributed by atoms with Crippen molar-refractivity contribution in [3.63, 3.8) is 0 Å². The van der Waals surface area contributed by atoms with Crippen LogP contribution in [0.3, 0.4) is 0 Å². The minimum atomic E-state index is -0.0333. The minimum Gasteiger partial charge on any atom is -0.490 e. The van der Waals surface area contributed by atoms with Crippen molar-refractivity contribution < 1.29 is 14.3 Å². The molecule has 0 aliphatic rings. The molecule has 0 aliphatic heterocycles. The van der Waals surface area contributed by atoms with E-state index in [1.807, 2.05) is 19.9 Å². The quantitative estimate of drug-likeness (QED) is 0.783. The average molecular weight is 272 g/mol. The minimum absolute atomic E-state index is 0.0333. The van der Waals surface area contributed by atoms with Crippen molar-refractivity contribution in [1.82, 2.24) is 9.97 Å². The van der Waals surface area contributed by atoms with Crippen LogP contribution < -0.4 is 9.47 Å². The highest BCUT2D eigenvalue weighted by Crippen LogP contribution is 2.32. The number of hydrogen-bond donors (Lipinski definition) is 0. The molecule has 1 aromatic heterocycles. The number of nitrogens with zero attached hydrogens (tertiary/aromatic N) is 2. The van der Waals surface area contributed by atoms with Crippen molar-refractivity contribution in [2.24, 2.45) is 0 Å². The lowest BCUT2D eigenvalue weighted by atomic mass is 10.0. The van der Waals surface area contributed by atoms with Gasteiger partial charge in [-0.25, -0.2) is 9.97 Å². The van der Waals surface area contributed by atoms with Gasteiger partial charge < -0.3 is 9.47 Å². The third-order valence-electron chi connectivity index (χ3n) is 2.65. The van der Waals surface area contributed by atoms with Crippen molar-refractivity contribution in [3.05, 3.63) is 36.2 Å². The predicted molar refractivity (Wildman–Crippen MR) is 75.2 cm³/mol. The first kappa shape index (κ1) is 14.0. The number of aromatic nitrogens is 2. The molecule has 1 aromatic carbocycles. The van der Waals surface area contributed by atoms with Gasteiger partial charge in [0.05, 0.1) is 18.8 Å². The highest BCUT2D eigenvalue weighted by Gasteiger charge is 2.13. The van der Waals surface area contributed by atoms with Crippen LogP contribution in [0.2, 0.25) is 0 Å². The predicted octanol–water partition coefficient (Wildman–Crippen LogP) is 2.75. The van der Waals surface area contributed by atoms with Gasteiger partial charge in [-0.15, -0.1) is 0 Å². The zero-order valence-corrected chi connectivity index (χ0v) is 11.7. The topological polar surface area (TPSA) is 61.3 Å². The number of para-hydroxylation sites is 1. The van der Waals surface area contributed by atoms with Crippen LogP contribution in [0, 0.1) is 0 Å². The van der Waals surface area contributed by atoms with Gasteiger partial charge in [-0.2, -0.15) is 0 Å². The first-order valence-corrected chi connectivity index (χ1v) is 6.27. The van der Waals surface area contributed by atoms with E-state index in [1.165, 1.54) is 7.11 Å². The second-order valence-corrected chi connectivity index (χ2v) is 4.47. The highest BCUT2D eigenvalue weighted by atomic mass is 16.5. The smallest absolute Gasteiger partial charge is 0.316 e. The molecule has 104 valence electrons. The maximum Gasteiger partial charge on any atom is 0.316 e. The molecule has 5 heteroatoms. The maximum absolute atomic E-state index is 11.2. The van der Waals surface area contributed by atoms with E-state index in [0.717, 1.165) is 17.4 Å². The first-order chi connectivity index (χ1) is 9.65. The van der Waals surface area contributed by atoms with Crippen LogP contribution in [0.15, 0.2) is 30.6 Å². The van der Waals surface area contributed by atoms with Gasteiger partial charge in [0, 0.05) is 23.5 Å². The molecule has 0 saturated heterocycles. The molecule has 0 spiro atoms. The normalized spacial score (nSPS) is 10.4. The first-order valence-electron chi connectivity index (χ1n) is 6.27. The lowest BCUT2D eigenvalue weighted by Gasteiger charge is -2.16. The Morgan fingerprint density at radius 3 is 2.45 bits per heavy atom. The highest BCUT2D eigenvalue weighted by molar-refractivity contribution is 5.85. The lowest BCUT2D eigenvalue weighted by Crippen LogP contribution is -2.08. The van der Waals surface area contributed by atoms with Crippen LogP contribution in [0.25, 0.3) is 11.1 Å². The molecule has 0 N–H and O–H groups in total. The van der Waals surface area contributed by atoms with Gasteiger partial charge in [0.1, 0.15) is 5.75 Å². The Bertz CT molecular complexity index is 595. The number of hydrogen-bond acceptors (Lipinski definition) is 5. The molecule has 0 saturated carbocycles. The summed E-state index contributed by atoms with van der Waals surface area (Å²) in [6.07, 6.45) is 4.03. The number of benzene rings is 1. The van der Waals surface area contributed by atoms with Gasteiger partial charge in [0.2, 0.25) is 0 Å². The van der Waals surface area contributed by atoms with E-state index in [-0.39, 0.29) is 6.10 Å². The van der Waals surface area contributed by atoms with Gasteiger partial charge in [-0.1, -0.05) is 12.1 Å². The molecule has 5 nitrogen and oxygen atoms in total. The molecule has 0 aliphatic carbocycles. The summed E-state index contributed by atoms with van der Waals surface area (Å²) in [7, 11) is 1.51. The van der Waals surface area contributed by atoms with Crippen molar-refractivity contribution in [3.8, 4) is 22.9 Å². The maximum atomic E-state index is 11.2. The Balaban J connectivity index is 2.50. The Morgan fingerprint density at radius 1 is 1.20 bits per heavy atom. The molecule has 20 heavy (non-hydrogen) atoms. The molecule has 0 amide bonds. The molecule has 0 fully saturated rings. The molecular formula is C15H16N2O3. The monoisotopic (exact) mass is 272 g/mol. The summed E-state index contributed by atoms with van der Waals surface area (Å²) in [4.78, 5) is 19.3. The zero-order chi connectivity index (χ0) is 14.5. The SMILES string of the molecule is COc1ncc(-c2cccc(C=O)c2OC(C)C)cn1. The molecule has 2 rings (SSSR count). The van der Waals surface area contributed by atoms with Gasteiger partial charge >= 0.3 is 6.01 Å². The fourth-order valence-corrected chi connectivity index (χ4v) is 1.80. The third kappa shape index (κ3) is 2.93. The summed E-state index contributed by atoms with van der Waals surface area (Å²) in [6, 6.07) is 5.69. The summed E-state index contributed by atoms with van der Waals surface area (Å²) in [6.45, 7) is 3.83. The van der Waals surface area contributed by atoms with Crippen LogP contribution >= 0.6 is 0 Å². The van der Waals surface area contributed by atoms with Crippen molar-refractivity contribution >= 4 is 6.29 Å². The summed E-state index contributed by atoms with van der Waals surface area (Å²) in [5, 5.41) is 0. The van der Waals surface area contributed by atoms with E-state index in [4.69, 9.17) is 9.47 Å². The Labute approximate surface area is 117 Å². The molecule has 0 radical (unpaired) electrons. The zero-order valence-electron chi connectivity index (χ0n) is 11.7. The van der Waals surface area contributed by atoms with Gasteiger partial charge in [-0.3, -0.25) is 4.79 Å². The van der Waals surface area contributed by atoms with Crippen molar-refractivity contribution in [2.75, 3.05) is 7.11 Å². The number of rotatable bonds is 5. The number of carbonyl (C=O) groups excluding carboxylic acids is 1. The Kier molecular flexibility index (Phi) is 4.30. The number of ether oxygens (including phenoxy) is 2. The fourth-order valence-electron chi connectivity index (χ4n) is 1.80. The van der Waals surface area contributed by atoms with Gasteiger partial charge in [-0.05, 0) is 19.9 Å². The number of aldehydes is 1. The van der Waals surface area contributed by atoms with Crippen LogP contribution in [-0.2, 0) is 0 Å². The fraction of sp³-hybridized carbons (Fsp3) is 0.267. The Hall–Kier alpha value is -2.43. The third-order valence-corrected chi connectivity index (χ3v) is 2.65. The van der Waals surface area contributed by atoms with E-state index >= 15 is 0 Å². The van der Waals surface area contributed by atoms with Crippen LogP contribution in [0.4, 0.5) is 0 Å². The summed E-state index contributed by atoms with van der Waals surface area (Å²) >= 11 is 0. The van der Waals surface area contributed by atoms with Crippen molar-refractivity contribution in [1.29, 1.82) is 0 Å². The summed E-state index contributed by atoms with van der Waals surface area (Å²) in [5.74, 6) is 0.547. The molecule has 2 aromatic rings. The van der Waals surface area contributed by atoms with Crippen LogP contribution in [0.5, 0.6) is 11.8 Å².